The monoisotopic (exact) mass is 359 g/mol. The van der Waals surface area contributed by atoms with Crippen LogP contribution in [0, 0.1) is 11.8 Å². The molecule has 0 bridgehead atoms. The van der Waals surface area contributed by atoms with Gasteiger partial charge in [0.05, 0.1) is 12.5 Å². The number of carboxylic acids is 1. The van der Waals surface area contributed by atoms with Gasteiger partial charge < -0.3 is 15.2 Å². The standard InChI is InChI=1S/C17H20F3NO4/c18-17(19,20)10-25-9-12-3-1-11(2-4-12)8-21-15(22)13-5-6-14(7-13)16(23)24/h1-4,13-14H,5-10H2,(H,21,22)(H,23,24)/t13-,14+/m0/s1. The number of aliphatic carboxylic acids is 1. The maximum absolute atomic E-state index is 12.1. The highest BCUT2D eigenvalue weighted by molar-refractivity contribution is 5.80. The van der Waals surface area contributed by atoms with Gasteiger partial charge in [-0.15, -0.1) is 0 Å². The number of carboxylic acid groups (broad SMARTS) is 1. The zero-order chi connectivity index (χ0) is 18.4. The Morgan fingerprint density at radius 1 is 1.12 bits per heavy atom. The Balaban J connectivity index is 1.74. The molecule has 2 N–H and O–H groups in total. The normalized spacial score (nSPS) is 20.4. The molecule has 0 radical (unpaired) electrons. The van der Waals surface area contributed by atoms with Crippen LogP contribution in [0.4, 0.5) is 13.2 Å². The third-order valence-electron chi connectivity index (χ3n) is 4.18. The van der Waals surface area contributed by atoms with Crippen LogP contribution in [0.3, 0.4) is 0 Å². The van der Waals surface area contributed by atoms with Crippen molar-refractivity contribution in [3.63, 3.8) is 0 Å². The minimum Gasteiger partial charge on any atom is -0.481 e. The van der Waals surface area contributed by atoms with Gasteiger partial charge in [0.2, 0.25) is 5.91 Å². The Bertz CT molecular complexity index is 601. The Morgan fingerprint density at radius 2 is 1.72 bits per heavy atom. The second-order valence-electron chi connectivity index (χ2n) is 6.19. The van der Waals surface area contributed by atoms with E-state index in [4.69, 9.17) is 5.11 Å². The molecule has 0 heterocycles. The number of amides is 1. The Morgan fingerprint density at radius 3 is 2.28 bits per heavy atom. The molecular weight excluding hydrogens is 339 g/mol. The molecule has 0 unspecified atom stereocenters. The second kappa shape index (κ2) is 8.33. The topological polar surface area (TPSA) is 75.6 Å². The van der Waals surface area contributed by atoms with Crippen LogP contribution in [-0.2, 0) is 27.5 Å². The van der Waals surface area contributed by atoms with Gasteiger partial charge in [-0.2, -0.15) is 13.2 Å². The predicted octanol–water partition coefficient (Wildman–Crippen LogP) is 2.88. The number of carbonyl (C=O) groups is 2. The van der Waals surface area contributed by atoms with Crippen molar-refractivity contribution >= 4 is 11.9 Å². The first-order chi connectivity index (χ1) is 11.7. The van der Waals surface area contributed by atoms with E-state index < -0.39 is 24.7 Å². The fourth-order valence-corrected chi connectivity index (χ4v) is 2.82. The van der Waals surface area contributed by atoms with Crippen LogP contribution in [-0.4, -0.2) is 29.8 Å². The first-order valence-corrected chi connectivity index (χ1v) is 7.97. The lowest BCUT2D eigenvalue weighted by atomic mass is 10.0. The molecular formula is C17H20F3NO4. The van der Waals surface area contributed by atoms with E-state index in [1.807, 2.05) is 0 Å². The van der Waals surface area contributed by atoms with Gasteiger partial charge in [-0.05, 0) is 30.4 Å². The summed E-state index contributed by atoms with van der Waals surface area (Å²) in [5.41, 5.74) is 1.42. The fraction of sp³-hybridized carbons (Fsp3) is 0.529. The van der Waals surface area contributed by atoms with Crippen molar-refractivity contribution in [2.75, 3.05) is 6.61 Å². The number of halogens is 3. The minimum atomic E-state index is -4.34. The molecule has 1 fully saturated rings. The molecule has 1 aromatic rings. The summed E-state index contributed by atoms with van der Waals surface area (Å²) < 4.78 is 40.6. The van der Waals surface area contributed by atoms with Crippen LogP contribution < -0.4 is 5.32 Å². The highest BCUT2D eigenvalue weighted by Gasteiger charge is 2.33. The Hall–Kier alpha value is -2.09. The molecule has 1 amide bonds. The molecule has 8 heteroatoms. The smallest absolute Gasteiger partial charge is 0.411 e. The van der Waals surface area contributed by atoms with Crippen LogP contribution in [0.5, 0.6) is 0 Å². The molecule has 2 atom stereocenters. The Kier molecular flexibility index (Phi) is 6.41. The second-order valence-corrected chi connectivity index (χ2v) is 6.19. The van der Waals surface area contributed by atoms with Gasteiger partial charge in [0, 0.05) is 12.5 Å². The first kappa shape index (κ1) is 19.2. The van der Waals surface area contributed by atoms with E-state index in [0.717, 1.165) is 5.56 Å². The summed E-state index contributed by atoms with van der Waals surface area (Å²) >= 11 is 0. The number of nitrogens with one attached hydrogen (secondary N) is 1. The van der Waals surface area contributed by atoms with E-state index in [1.165, 1.54) is 0 Å². The highest BCUT2D eigenvalue weighted by Crippen LogP contribution is 2.31. The molecule has 25 heavy (non-hydrogen) atoms. The van der Waals surface area contributed by atoms with Crippen molar-refractivity contribution < 1.29 is 32.6 Å². The van der Waals surface area contributed by atoms with Crippen LogP contribution in [0.15, 0.2) is 24.3 Å². The van der Waals surface area contributed by atoms with Gasteiger partial charge in [-0.3, -0.25) is 9.59 Å². The summed E-state index contributed by atoms with van der Waals surface area (Å²) in [7, 11) is 0. The fourth-order valence-electron chi connectivity index (χ4n) is 2.82. The van der Waals surface area contributed by atoms with Gasteiger partial charge in [-0.25, -0.2) is 0 Å². The molecule has 1 aromatic carbocycles. The molecule has 1 saturated carbocycles. The van der Waals surface area contributed by atoms with Crippen molar-refractivity contribution in [3.8, 4) is 0 Å². The maximum atomic E-state index is 12.1. The number of ether oxygens (including phenoxy) is 1. The van der Waals surface area contributed by atoms with E-state index >= 15 is 0 Å². The van der Waals surface area contributed by atoms with Crippen molar-refractivity contribution in [3.05, 3.63) is 35.4 Å². The highest BCUT2D eigenvalue weighted by atomic mass is 19.4. The lowest BCUT2D eigenvalue weighted by Crippen LogP contribution is -2.29. The van der Waals surface area contributed by atoms with Gasteiger partial charge in [0.1, 0.15) is 6.61 Å². The minimum absolute atomic E-state index is 0.134. The van der Waals surface area contributed by atoms with Crippen LogP contribution in [0.2, 0.25) is 0 Å². The van der Waals surface area contributed by atoms with Crippen molar-refractivity contribution in [2.24, 2.45) is 11.8 Å². The quantitative estimate of drug-likeness (QED) is 0.785. The molecule has 0 saturated heterocycles. The van der Waals surface area contributed by atoms with Gasteiger partial charge in [0.15, 0.2) is 0 Å². The number of alkyl halides is 3. The summed E-state index contributed by atoms with van der Waals surface area (Å²) in [5.74, 6) is -1.76. The predicted molar refractivity (Wildman–Crippen MR) is 82.5 cm³/mol. The SMILES string of the molecule is O=C(O)[C@@H]1CC[C@H](C(=O)NCc2ccc(COCC(F)(F)F)cc2)C1. The van der Waals surface area contributed by atoms with Crippen molar-refractivity contribution in [1.29, 1.82) is 0 Å². The van der Waals surface area contributed by atoms with Crippen LogP contribution in [0.25, 0.3) is 0 Å². The average molecular weight is 359 g/mol. The molecule has 0 spiro atoms. The van der Waals surface area contributed by atoms with E-state index in [1.54, 1.807) is 24.3 Å². The third-order valence-corrected chi connectivity index (χ3v) is 4.18. The molecule has 1 aliphatic carbocycles. The maximum Gasteiger partial charge on any atom is 0.411 e. The zero-order valence-corrected chi connectivity index (χ0v) is 13.5. The van der Waals surface area contributed by atoms with Crippen LogP contribution >= 0.6 is 0 Å². The van der Waals surface area contributed by atoms with Gasteiger partial charge >= 0.3 is 12.1 Å². The number of hydrogen-bond acceptors (Lipinski definition) is 3. The average Bonchev–Trinajstić information content (AvgIpc) is 3.03. The van der Waals surface area contributed by atoms with E-state index in [-0.39, 0.29) is 25.0 Å². The zero-order valence-electron chi connectivity index (χ0n) is 13.5. The first-order valence-electron chi connectivity index (χ1n) is 7.97. The Labute approximate surface area is 143 Å². The number of rotatable bonds is 7. The molecule has 5 nitrogen and oxygen atoms in total. The van der Waals surface area contributed by atoms with Gasteiger partial charge in [-0.1, -0.05) is 24.3 Å². The van der Waals surface area contributed by atoms with Crippen LogP contribution in [0.1, 0.15) is 30.4 Å². The summed E-state index contributed by atoms with van der Waals surface area (Å²) in [4.78, 5) is 23.0. The van der Waals surface area contributed by atoms with Crippen molar-refractivity contribution in [1.82, 2.24) is 5.32 Å². The van der Waals surface area contributed by atoms with Crippen molar-refractivity contribution in [2.45, 2.75) is 38.6 Å². The number of benzene rings is 1. The molecule has 2 rings (SSSR count). The third kappa shape index (κ3) is 6.38. The lowest BCUT2D eigenvalue weighted by Gasteiger charge is -2.11. The lowest BCUT2D eigenvalue weighted by molar-refractivity contribution is -0.176. The number of hydrogen-bond donors (Lipinski definition) is 2. The van der Waals surface area contributed by atoms with E-state index in [0.29, 0.717) is 24.8 Å². The largest absolute Gasteiger partial charge is 0.481 e. The molecule has 0 aromatic heterocycles. The summed E-state index contributed by atoms with van der Waals surface area (Å²) in [6.07, 6.45) is -2.90. The molecule has 138 valence electrons. The molecule has 0 aliphatic heterocycles. The van der Waals surface area contributed by atoms with Gasteiger partial charge in [0.25, 0.3) is 0 Å². The van der Waals surface area contributed by atoms with E-state index in [9.17, 15) is 22.8 Å². The molecule has 1 aliphatic rings. The summed E-state index contributed by atoms with van der Waals surface area (Å²) in [5, 5.41) is 11.7. The summed E-state index contributed by atoms with van der Waals surface area (Å²) in [6.45, 7) is -1.13. The number of carbonyl (C=O) groups excluding carboxylic acids is 1. The van der Waals surface area contributed by atoms with E-state index in [2.05, 4.69) is 10.1 Å². The summed E-state index contributed by atoms with van der Waals surface area (Å²) in [6, 6.07) is 6.71.